The summed E-state index contributed by atoms with van der Waals surface area (Å²) in [6.45, 7) is 4.07. The van der Waals surface area contributed by atoms with Crippen LogP contribution in [0, 0.1) is 5.41 Å². The molecule has 6 nitrogen and oxygen atoms in total. The number of nitrogens with one attached hydrogen (secondary N) is 1. The lowest BCUT2D eigenvalue weighted by Gasteiger charge is -2.33. The summed E-state index contributed by atoms with van der Waals surface area (Å²) in [6, 6.07) is 0. The minimum absolute atomic E-state index is 0.104. The third-order valence-electron chi connectivity index (χ3n) is 4.39. The Kier molecular flexibility index (Phi) is 5.11. The number of carboxylic acid groups (broad SMARTS) is 1. The van der Waals surface area contributed by atoms with Gasteiger partial charge >= 0.3 is 5.97 Å². The fourth-order valence-electron chi connectivity index (χ4n) is 3.01. The van der Waals surface area contributed by atoms with Crippen molar-refractivity contribution >= 4 is 11.9 Å². The van der Waals surface area contributed by atoms with Crippen LogP contribution < -0.4 is 5.32 Å². The molecule has 0 unspecified atom stereocenters. The van der Waals surface area contributed by atoms with Gasteiger partial charge in [-0.3, -0.25) is 9.59 Å². The number of aliphatic carboxylic acids is 1. The van der Waals surface area contributed by atoms with Crippen molar-refractivity contribution in [2.45, 2.75) is 51.9 Å². The van der Waals surface area contributed by atoms with Crippen LogP contribution in [-0.2, 0) is 4.79 Å². The number of amides is 1. The lowest BCUT2D eigenvalue weighted by Crippen LogP contribution is -2.44. The highest BCUT2D eigenvalue weighted by molar-refractivity contribution is 5.95. The van der Waals surface area contributed by atoms with E-state index in [0.29, 0.717) is 24.1 Å². The Morgan fingerprint density at radius 3 is 2.59 bits per heavy atom. The van der Waals surface area contributed by atoms with Gasteiger partial charge in [0.1, 0.15) is 6.33 Å². The van der Waals surface area contributed by atoms with Gasteiger partial charge in [-0.25, -0.2) is 9.97 Å². The number of carbonyl (C=O) groups excluding carboxylic acids is 1. The quantitative estimate of drug-likeness (QED) is 0.871. The van der Waals surface area contributed by atoms with E-state index in [1.807, 2.05) is 13.8 Å². The zero-order valence-corrected chi connectivity index (χ0v) is 13.1. The minimum Gasteiger partial charge on any atom is -0.481 e. The number of hydrogen-bond donors (Lipinski definition) is 2. The number of carbonyl (C=O) groups is 2. The molecule has 1 aliphatic carbocycles. The minimum atomic E-state index is -0.832. The first-order valence-electron chi connectivity index (χ1n) is 7.78. The third-order valence-corrected chi connectivity index (χ3v) is 4.39. The number of aromatic nitrogens is 2. The molecule has 2 rings (SSSR count). The maximum atomic E-state index is 12.4. The fourth-order valence-corrected chi connectivity index (χ4v) is 3.01. The first-order valence-corrected chi connectivity index (χ1v) is 7.78. The Morgan fingerprint density at radius 1 is 1.32 bits per heavy atom. The molecule has 0 bridgehead atoms. The van der Waals surface area contributed by atoms with E-state index >= 15 is 0 Å². The Labute approximate surface area is 130 Å². The lowest BCUT2D eigenvalue weighted by atomic mass is 9.74. The maximum Gasteiger partial charge on any atom is 0.311 e. The van der Waals surface area contributed by atoms with E-state index in [0.717, 1.165) is 19.3 Å². The van der Waals surface area contributed by atoms with Crippen molar-refractivity contribution in [3.63, 3.8) is 0 Å². The topological polar surface area (TPSA) is 92.2 Å². The fraction of sp³-hybridized carbons (Fsp3) is 0.625. The van der Waals surface area contributed by atoms with E-state index in [1.54, 1.807) is 0 Å². The molecule has 22 heavy (non-hydrogen) atoms. The lowest BCUT2D eigenvalue weighted by molar-refractivity contribution is -0.150. The second-order valence-electron chi connectivity index (χ2n) is 6.31. The van der Waals surface area contributed by atoms with Crippen molar-refractivity contribution in [1.82, 2.24) is 15.3 Å². The summed E-state index contributed by atoms with van der Waals surface area (Å²) in [4.78, 5) is 32.1. The second kappa shape index (κ2) is 6.85. The van der Waals surface area contributed by atoms with E-state index in [2.05, 4.69) is 15.3 Å². The Hall–Kier alpha value is -1.98. The van der Waals surface area contributed by atoms with Gasteiger partial charge in [-0.2, -0.15) is 0 Å². The molecule has 0 radical (unpaired) electrons. The predicted molar refractivity (Wildman–Crippen MR) is 81.6 cm³/mol. The van der Waals surface area contributed by atoms with Crippen molar-refractivity contribution < 1.29 is 14.7 Å². The molecular formula is C16H23N3O3. The largest absolute Gasteiger partial charge is 0.481 e. The first kappa shape index (κ1) is 16.4. The molecule has 1 saturated carbocycles. The number of nitrogens with zero attached hydrogens (tertiary/aromatic N) is 2. The van der Waals surface area contributed by atoms with E-state index in [4.69, 9.17) is 0 Å². The van der Waals surface area contributed by atoms with Gasteiger partial charge in [0.15, 0.2) is 0 Å². The monoisotopic (exact) mass is 305 g/mol. The van der Waals surface area contributed by atoms with E-state index < -0.39 is 11.4 Å². The molecular weight excluding hydrogens is 282 g/mol. The molecule has 1 heterocycles. The van der Waals surface area contributed by atoms with Crippen LogP contribution in [0.1, 0.15) is 67.9 Å². The maximum absolute atomic E-state index is 12.4. The molecule has 6 heteroatoms. The summed E-state index contributed by atoms with van der Waals surface area (Å²) >= 11 is 0. The molecule has 1 aromatic heterocycles. The van der Waals surface area contributed by atoms with Gasteiger partial charge in [0.25, 0.3) is 5.91 Å². The molecule has 1 amide bonds. The van der Waals surface area contributed by atoms with Crippen LogP contribution in [0.3, 0.4) is 0 Å². The molecule has 0 spiro atoms. The van der Waals surface area contributed by atoms with Crippen molar-refractivity contribution in [3.8, 4) is 0 Å². The predicted octanol–water partition coefficient (Wildman–Crippen LogP) is 2.36. The molecule has 120 valence electrons. The average molecular weight is 305 g/mol. The molecule has 0 atom stereocenters. The molecule has 1 aromatic rings. The van der Waals surface area contributed by atoms with E-state index in [1.165, 1.54) is 12.5 Å². The molecule has 0 aliphatic heterocycles. The Bertz CT molecular complexity index is 551. The van der Waals surface area contributed by atoms with Gasteiger partial charge in [0.2, 0.25) is 0 Å². The molecule has 1 aliphatic rings. The van der Waals surface area contributed by atoms with E-state index in [-0.39, 0.29) is 18.4 Å². The molecule has 0 saturated heterocycles. The highest BCUT2D eigenvalue weighted by Crippen LogP contribution is 2.36. The van der Waals surface area contributed by atoms with Gasteiger partial charge in [-0.05, 0) is 18.8 Å². The summed E-state index contributed by atoms with van der Waals surface area (Å²) in [5, 5.41) is 12.3. The van der Waals surface area contributed by atoms with Gasteiger partial charge < -0.3 is 10.4 Å². The number of hydrogen-bond acceptors (Lipinski definition) is 4. The van der Waals surface area contributed by atoms with Crippen LogP contribution in [0.15, 0.2) is 12.5 Å². The zero-order chi connectivity index (χ0) is 16.2. The smallest absolute Gasteiger partial charge is 0.311 e. The van der Waals surface area contributed by atoms with Crippen LogP contribution >= 0.6 is 0 Å². The SMILES string of the molecule is CC(C)c1ncncc1C(=O)NCC1(C(=O)O)CCCCC1. The van der Waals surface area contributed by atoms with Crippen molar-refractivity contribution in [1.29, 1.82) is 0 Å². The summed E-state index contributed by atoms with van der Waals surface area (Å²) in [5.41, 5.74) is 0.274. The van der Waals surface area contributed by atoms with Gasteiger partial charge in [-0.15, -0.1) is 0 Å². The molecule has 0 aromatic carbocycles. The summed E-state index contributed by atoms with van der Waals surface area (Å²) in [6.07, 6.45) is 7.00. The molecule has 2 N–H and O–H groups in total. The first-order chi connectivity index (χ1) is 10.5. The standard InChI is InChI=1S/C16H23N3O3/c1-11(2)13-12(8-17-10-19-13)14(20)18-9-16(15(21)22)6-4-3-5-7-16/h8,10-11H,3-7,9H2,1-2H3,(H,18,20)(H,21,22). The van der Waals surface area contributed by atoms with Crippen LogP contribution in [0.5, 0.6) is 0 Å². The van der Waals surface area contributed by atoms with Gasteiger partial charge in [-0.1, -0.05) is 33.1 Å². The second-order valence-corrected chi connectivity index (χ2v) is 6.31. The van der Waals surface area contributed by atoms with Crippen molar-refractivity contribution in [2.24, 2.45) is 5.41 Å². The third kappa shape index (κ3) is 3.43. The number of rotatable bonds is 5. The van der Waals surface area contributed by atoms with Crippen LogP contribution in [-0.4, -0.2) is 33.5 Å². The zero-order valence-electron chi connectivity index (χ0n) is 13.1. The van der Waals surface area contributed by atoms with E-state index in [9.17, 15) is 14.7 Å². The highest BCUT2D eigenvalue weighted by atomic mass is 16.4. The number of carboxylic acids is 1. The van der Waals surface area contributed by atoms with Crippen LogP contribution in [0.4, 0.5) is 0 Å². The Balaban J connectivity index is 2.10. The average Bonchev–Trinajstić information content (AvgIpc) is 2.53. The summed E-state index contributed by atoms with van der Waals surface area (Å²) in [5.74, 6) is -1.01. The normalized spacial score (nSPS) is 17.2. The van der Waals surface area contributed by atoms with Crippen LogP contribution in [0.2, 0.25) is 0 Å². The Morgan fingerprint density at radius 2 is 2.00 bits per heavy atom. The highest BCUT2D eigenvalue weighted by Gasteiger charge is 2.40. The molecule has 1 fully saturated rings. The van der Waals surface area contributed by atoms with Crippen molar-refractivity contribution in [3.05, 3.63) is 23.8 Å². The van der Waals surface area contributed by atoms with Crippen molar-refractivity contribution in [2.75, 3.05) is 6.54 Å². The summed E-state index contributed by atoms with van der Waals surface area (Å²) < 4.78 is 0. The van der Waals surface area contributed by atoms with Gasteiger partial charge in [0, 0.05) is 12.7 Å². The van der Waals surface area contributed by atoms with Gasteiger partial charge in [0.05, 0.1) is 16.7 Å². The summed E-state index contributed by atoms with van der Waals surface area (Å²) in [7, 11) is 0. The van der Waals surface area contributed by atoms with Crippen LogP contribution in [0.25, 0.3) is 0 Å².